The van der Waals surface area contributed by atoms with Crippen molar-refractivity contribution in [3.8, 4) is 0 Å². The summed E-state index contributed by atoms with van der Waals surface area (Å²) in [5, 5.41) is 13.8. The molecule has 1 amide bonds. The number of aromatic nitrogens is 1. The van der Waals surface area contributed by atoms with Gasteiger partial charge in [0, 0.05) is 18.3 Å². The van der Waals surface area contributed by atoms with Gasteiger partial charge in [-0.25, -0.2) is 0 Å². The zero-order chi connectivity index (χ0) is 14.8. The molecule has 1 unspecified atom stereocenters. The Kier molecular flexibility index (Phi) is 4.14. The fourth-order valence-corrected chi connectivity index (χ4v) is 2.01. The molecule has 0 aliphatic heterocycles. The first-order chi connectivity index (χ1) is 9.38. The second kappa shape index (κ2) is 5.67. The maximum Gasteiger partial charge on any atom is 0.240 e. The number of fused-ring (bicyclic) bond motifs is 1. The number of aliphatic hydroxyl groups is 1. The monoisotopic (exact) mass is 274 g/mol. The number of rotatable bonds is 4. The molecule has 108 valence electrons. The van der Waals surface area contributed by atoms with Crippen molar-refractivity contribution in [2.75, 3.05) is 6.54 Å². The molecule has 4 heteroatoms. The summed E-state index contributed by atoms with van der Waals surface area (Å²) in [5.74, 6) is -0.0883. The third kappa shape index (κ3) is 3.39. The van der Waals surface area contributed by atoms with Crippen molar-refractivity contribution < 1.29 is 9.90 Å². The van der Waals surface area contributed by atoms with Gasteiger partial charge in [-0.3, -0.25) is 4.79 Å². The van der Waals surface area contributed by atoms with Crippen molar-refractivity contribution in [2.24, 2.45) is 5.41 Å². The molecule has 2 aromatic rings. The molecule has 2 rings (SSSR count). The second-order valence-corrected chi connectivity index (χ2v) is 6.19. The van der Waals surface area contributed by atoms with Gasteiger partial charge in [0.25, 0.3) is 0 Å². The molecule has 1 atom stereocenters. The van der Waals surface area contributed by atoms with Crippen LogP contribution in [0.5, 0.6) is 0 Å². The molecule has 0 radical (unpaired) electrons. The number of carbonyl (C=O) groups excluding carboxylic acids is 1. The summed E-state index contributed by atoms with van der Waals surface area (Å²) in [6.45, 7) is 6.39. The molecule has 0 aliphatic rings. The lowest BCUT2D eigenvalue weighted by atomic mass is 9.89. The van der Waals surface area contributed by atoms with Crippen LogP contribution in [0.15, 0.2) is 36.5 Å². The zero-order valence-corrected chi connectivity index (χ0v) is 12.3. The quantitative estimate of drug-likeness (QED) is 0.897. The summed E-state index contributed by atoms with van der Waals surface area (Å²) < 4.78 is 1.91. The summed E-state index contributed by atoms with van der Waals surface area (Å²) in [6.07, 6.45) is 1.36. The number of benzene rings is 1. The van der Waals surface area contributed by atoms with Crippen LogP contribution < -0.4 is 5.32 Å². The standard InChI is InChI=1S/C16H22N2O2/c1-16(2,3)14(19)10-17-15(20)11-18-9-8-12-6-4-5-7-13(12)18/h4-9,14,19H,10-11H2,1-3H3,(H,17,20). The molecule has 20 heavy (non-hydrogen) atoms. The molecule has 0 aliphatic carbocycles. The molecule has 0 spiro atoms. The van der Waals surface area contributed by atoms with Crippen LogP contribution in [0, 0.1) is 5.41 Å². The lowest BCUT2D eigenvalue weighted by molar-refractivity contribution is -0.122. The van der Waals surface area contributed by atoms with E-state index in [0.29, 0.717) is 0 Å². The van der Waals surface area contributed by atoms with Crippen LogP contribution in [0.1, 0.15) is 20.8 Å². The average molecular weight is 274 g/mol. The smallest absolute Gasteiger partial charge is 0.240 e. The van der Waals surface area contributed by atoms with E-state index >= 15 is 0 Å². The summed E-state index contributed by atoms with van der Waals surface area (Å²) in [7, 11) is 0. The maximum atomic E-state index is 11.9. The highest BCUT2D eigenvalue weighted by Gasteiger charge is 2.22. The Bertz CT molecular complexity index is 596. The number of hydrogen-bond acceptors (Lipinski definition) is 2. The lowest BCUT2D eigenvalue weighted by Gasteiger charge is -2.25. The van der Waals surface area contributed by atoms with Gasteiger partial charge in [-0.2, -0.15) is 0 Å². The van der Waals surface area contributed by atoms with E-state index in [1.54, 1.807) is 0 Å². The van der Waals surface area contributed by atoms with Gasteiger partial charge in [0.1, 0.15) is 6.54 Å². The molecule has 0 saturated heterocycles. The van der Waals surface area contributed by atoms with Crippen LogP contribution in [-0.2, 0) is 11.3 Å². The number of para-hydroxylation sites is 1. The van der Waals surface area contributed by atoms with Crippen molar-refractivity contribution in [3.63, 3.8) is 0 Å². The van der Waals surface area contributed by atoms with Crippen molar-refractivity contribution in [1.82, 2.24) is 9.88 Å². The Morgan fingerprint density at radius 3 is 2.70 bits per heavy atom. The highest BCUT2D eigenvalue weighted by molar-refractivity contribution is 5.83. The van der Waals surface area contributed by atoms with Gasteiger partial charge in [0.05, 0.1) is 6.10 Å². The maximum absolute atomic E-state index is 11.9. The van der Waals surface area contributed by atoms with Gasteiger partial charge in [0.2, 0.25) is 5.91 Å². The van der Waals surface area contributed by atoms with Gasteiger partial charge in [-0.1, -0.05) is 39.0 Å². The predicted molar refractivity (Wildman–Crippen MR) is 80.4 cm³/mol. The Morgan fingerprint density at radius 2 is 2.00 bits per heavy atom. The van der Waals surface area contributed by atoms with E-state index in [4.69, 9.17) is 0 Å². The van der Waals surface area contributed by atoms with Crippen LogP contribution >= 0.6 is 0 Å². The molecular weight excluding hydrogens is 252 g/mol. The molecule has 2 N–H and O–H groups in total. The number of aliphatic hydroxyl groups excluding tert-OH is 1. The van der Waals surface area contributed by atoms with Crippen LogP contribution in [0.3, 0.4) is 0 Å². The number of carbonyl (C=O) groups is 1. The lowest BCUT2D eigenvalue weighted by Crippen LogP contribution is -2.40. The minimum absolute atomic E-state index is 0.0883. The molecule has 0 bridgehead atoms. The van der Waals surface area contributed by atoms with Gasteiger partial charge in [-0.05, 0) is 22.9 Å². The number of amides is 1. The van der Waals surface area contributed by atoms with Crippen molar-refractivity contribution in [3.05, 3.63) is 36.5 Å². The SMILES string of the molecule is CC(C)(C)C(O)CNC(=O)Cn1ccc2ccccc21. The molecule has 4 nitrogen and oxygen atoms in total. The van der Waals surface area contributed by atoms with Crippen molar-refractivity contribution in [1.29, 1.82) is 0 Å². The first kappa shape index (κ1) is 14.6. The minimum atomic E-state index is -0.548. The third-order valence-electron chi connectivity index (χ3n) is 3.49. The first-order valence-electron chi connectivity index (χ1n) is 6.86. The summed E-state index contributed by atoms with van der Waals surface area (Å²) in [5.41, 5.74) is 0.812. The molecule has 1 aromatic heterocycles. The van der Waals surface area contributed by atoms with E-state index in [0.717, 1.165) is 10.9 Å². The van der Waals surface area contributed by atoms with E-state index < -0.39 is 6.10 Å². The Hall–Kier alpha value is -1.81. The Labute approximate surface area is 119 Å². The van der Waals surface area contributed by atoms with Crippen LogP contribution in [-0.4, -0.2) is 28.2 Å². The predicted octanol–water partition coefficient (Wildman–Crippen LogP) is 2.16. The van der Waals surface area contributed by atoms with E-state index in [2.05, 4.69) is 5.32 Å². The van der Waals surface area contributed by atoms with Crippen molar-refractivity contribution >= 4 is 16.8 Å². The van der Waals surface area contributed by atoms with Crippen LogP contribution in [0.4, 0.5) is 0 Å². The highest BCUT2D eigenvalue weighted by Crippen LogP contribution is 2.18. The second-order valence-electron chi connectivity index (χ2n) is 6.19. The van der Waals surface area contributed by atoms with Gasteiger partial charge >= 0.3 is 0 Å². The Balaban J connectivity index is 1.95. The molecule has 0 saturated carbocycles. The van der Waals surface area contributed by atoms with Crippen LogP contribution in [0.25, 0.3) is 10.9 Å². The number of nitrogens with zero attached hydrogens (tertiary/aromatic N) is 1. The largest absolute Gasteiger partial charge is 0.391 e. The zero-order valence-electron chi connectivity index (χ0n) is 12.3. The summed E-state index contributed by atoms with van der Waals surface area (Å²) >= 11 is 0. The average Bonchev–Trinajstić information content (AvgIpc) is 2.78. The van der Waals surface area contributed by atoms with E-state index in [1.807, 2.05) is 61.9 Å². The minimum Gasteiger partial charge on any atom is -0.391 e. The van der Waals surface area contributed by atoms with E-state index in [-0.39, 0.29) is 24.4 Å². The first-order valence-corrected chi connectivity index (χ1v) is 6.86. The van der Waals surface area contributed by atoms with Crippen LogP contribution in [0.2, 0.25) is 0 Å². The fraction of sp³-hybridized carbons (Fsp3) is 0.438. The third-order valence-corrected chi connectivity index (χ3v) is 3.49. The fourth-order valence-electron chi connectivity index (χ4n) is 2.01. The number of hydrogen-bond donors (Lipinski definition) is 2. The number of nitrogens with one attached hydrogen (secondary N) is 1. The summed E-state index contributed by atoms with van der Waals surface area (Å²) in [6, 6.07) is 9.94. The molecule has 1 aromatic carbocycles. The van der Waals surface area contributed by atoms with Gasteiger partial charge in [0.15, 0.2) is 0 Å². The van der Waals surface area contributed by atoms with E-state index in [1.165, 1.54) is 0 Å². The topological polar surface area (TPSA) is 54.3 Å². The Morgan fingerprint density at radius 1 is 1.30 bits per heavy atom. The molecular formula is C16H22N2O2. The molecule has 0 fully saturated rings. The van der Waals surface area contributed by atoms with E-state index in [9.17, 15) is 9.90 Å². The highest BCUT2D eigenvalue weighted by atomic mass is 16.3. The van der Waals surface area contributed by atoms with Gasteiger partial charge < -0.3 is 15.0 Å². The van der Waals surface area contributed by atoms with Crippen molar-refractivity contribution in [2.45, 2.75) is 33.4 Å². The molecule has 1 heterocycles. The normalized spacial score (nSPS) is 13.4. The van der Waals surface area contributed by atoms with Gasteiger partial charge in [-0.15, -0.1) is 0 Å². The summed E-state index contributed by atoms with van der Waals surface area (Å²) in [4.78, 5) is 11.9.